The number of fused-ring (bicyclic) bond motifs is 1. The number of para-hydroxylation sites is 1. The van der Waals surface area contributed by atoms with Crippen LogP contribution in [0.4, 0.5) is 0 Å². The Bertz CT molecular complexity index is 1020. The van der Waals surface area contributed by atoms with Crippen LogP contribution < -0.4 is 0 Å². The predicted octanol–water partition coefficient (Wildman–Crippen LogP) is 5.29. The number of morpholine rings is 1. The number of carbonyl (C=O) groups excluding carboxylic acids is 1. The summed E-state index contributed by atoms with van der Waals surface area (Å²) in [5.41, 5.74) is 3.84. The fraction of sp³-hybridized carbons (Fsp3) is 0.423. The first-order valence-electron chi connectivity index (χ1n) is 11.3. The number of amides is 1. The van der Waals surface area contributed by atoms with E-state index in [4.69, 9.17) is 4.74 Å². The first-order valence-corrected chi connectivity index (χ1v) is 11.3. The van der Waals surface area contributed by atoms with Crippen molar-refractivity contribution in [1.82, 2.24) is 9.47 Å². The monoisotopic (exact) mass is 402 g/mol. The van der Waals surface area contributed by atoms with E-state index < -0.39 is 0 Å². The average Bonchev–Trinajstić information content (AvgIpc) is 3.19. The molecule has 1 saturated heterocycles. The summed E-state index contributed by atoms with van der Waals surface area (Å²) in [6.45, 7) is 4.17. The van der Waals surface area contributed by atoms with Gasteiger partial charge in [-0.25, -0.2) is 0 Å². The van der Waals surface area contributed by atoms with Crippen molar-refractivity contribution in [3.05, 3.63) is 60.7 Å². The number of carbonyl (C=O) groups is 1. The van der Waals surface area contributed by atoms with Gasteiger partial charge in [-0.3, -0.25) is 4.79 Å². The molecule has 0 spiro atoms. The predicted molar refractivity (Wildman–Crippen MR) is 120 cm³/mol. The Kier molecular flexibility index (Phi) is 5.34. The zero-order valence-corrected chi connectivity index (χ0v) is 17.7. The SMILES string of the molecule is CC1COCCN1C(=O)C1CCC(n2c(-c3ccccc3)cc3ccccc32)CC1. The Morgan fingerprint density at radius 1 is 0.967 bits per heavy atom. The van der Waals surface area contributed by atoms with Crippen LogP contribution in [0.5, 0.6) is 0 Å². The van der Waals surface area contributed by atoms with Crippen molar-refractivity contribution in [3.63, 3.8) is 0 Å². The second-order valence-electron chi connectivity index (χ2n) is 8.79. The highest BCUT2D eigenvalue weighted by molar-refractivity contribution is 5.87. The van der Waals surface area contributed by atoms with E-state index in [1.165, 1.54) is 22.2 Å². The number of ether oxygens (including phenoxy) is 1. The fourth-order valence-corrected chi connectivity index (χ4v) is 5.27. The largest absolute Gasteiger partial charge is 0.377 e. The van der Waals surface area contributed by atoms with Gasteiger partial charge in [0.25, 0.3) is 0 Å². The highest BCUT2D eigenvalue weighted by Crippen LogP contribution is 2.39. The van der Waals surface area contributed by atoms with Gasteiger partial charge < -0.3 is 14.2 Å². The maximum absolute atomic E-state index is 13.1. The molecule has 2 aliphatic rings. The van der Waals surface area contributed by atoms with Gasteiger partial charge in [-0.2, -0.15) is 0 Å². The molecule has 0 radical (unpaired) electrons. The maximum Gasteiger partial charge on any atom is 0.226 e. The van der Waals surface area contributed by atoms with Crippen LogP contribution in [-0.2, 0) is 9.53 Å². The maximum atomic E-state index is 13.1. The van der Waals surface area contributed by atoms with Crippen LogP contribution in [0.3, 0.4) is 0 Å². The van der Waals surface area contributed by atoms with E-state index >= 15 is 0 Å². The summed E-state index contributed by atoms with van der Waals surface area (Å²) in [6.07, 6.45) is 4.03. The molecule has 1 amide bonds. The lowest BCUT2D eigenvalue weighted by Crippen LogP contribution is -2.49. The third-order valence-electron chi connectivity index (χ3n) is 6.88. The molecule has 5 rings (SSSR count). The van der Waals surface area contributed by atoms with E-state index in [1.807, 2.05) is 0 Å². The molecule has 1 aromatic heterocycles. The van der Waals surface area contributed by atoms with Crippen LogP contribution >= 0.6 is 0 Å². The number of hydrogen-bond acceptors (Lipinski definition) is 2. The Balaban J connectivity index is 1.39. The van der Waals surface area contributed by atoms with Crippen molar-refractivity contribution in [2.45, 2.75) is 44.7 Å². The molecular formula is C26H30N2O2. The number of aromatic nitrogens is 1. The van der Waals surface area contributed by atoms with Crippen LogP contribution in [-0.4, -0.2) is 41.2 Å². The van der Waals surface area contributed by atoms with Crippen LogP contribution in [0.15, 0.2) is 60.7 Å². The minimum atomic E-state index is 0.156. The summed E-state index contributed by atoms with van der Waals surface area (Å²) < 4.78 is 8.04. The van der Waals surface area contributed by atoms with E-state index in [9.17, 15) is 4.79 Å². The van der Waals surface area contributed by atoms with E-state index in [2.05, 4.69) is 77.1 Å². The Morgan fingerprint density at radius 3 is 2.47 bits per heavy atom. The quantitative estimate of drug-likeness (QED) is 0.597. The molecule has 2 heterocycles. The number of nitrogens with zero attached hydrogens (tertiary/aromatic N) is 2. The van der Waals surface area contributed by atoms with E-state index in [0.717, 1.165) is 32.2 Å². The summed E-state index contributed by atoms with van der Waals surface area (Å²) in [5, 5.41) is 1.29. The topological polar surface area (TPSA) is 34.5 Å². The average molecular weight is 403 g/mol. The van der Waals surface area contributed by atoms with Crippen molar-refractivity contribution in [1.29, 1.82) is 0 Å². The highest BCUT2D eigenvalue weighted by Gasteiger charge is 2.33. The van der Waals surface area contributed by atoms with Crippen LogP contribution in [0.1, 0.15) is 38.6 Å². The molecule has 156 valence electrons. The summed E-state index contributed by atoms with van der Waals surface area (Å²) in [4.78, 5) is 15.2. The standard InChI is InChI=1S/C26H30N2O2/c1-19-18-30-16-15-27(19)26(29)21-11-13-23(14-12-21)28-24-10-6-5-9-22(24)17-25(28)20-7-3-2-4-8-20/h2-10,17,19,21,23H,11-16,18H2,1H3. The molecule has 0 N–H and O–H groups in total. The summed E-state index contributed by atoms with van der Waals surface area (Å²) in [7, 11) is 0. The first-order chi connectivity index (χ1) is 14.7. The minimum Gasteiger partial charge on any atom is -0.377 e. The smallest absolute Gasteiger partial charge is 0.226 e. The molecule has 2 aromatic carbocycles. The fourth-order valence-electron chi connectivity index (χ4n) is 5.27. The van der Waals surface area contributed by atoms with Crippen molar-refractivity contribution < 1.29 is 9.53 Å². The lowest BCUT2D eigenvalue weighted by Gasteiger charge is -2.38. The third kappa shape index (κ3) is 3.54. The number of hydrogen-bond donors (Lipinski definition) is 0. The zero-order valence-electron chi connectivity index (χ0n) is 17.7. The van der Waals surface area contributed by atoms with Crippen LogP contribution in [0.25, 0.3) is 22.2 Å². The summed E-state index contributed by atoms with van der Waals surface area (Å²) in [5.74, 6) is 0.494. The molecule has 1 atom stereocenters. The normalized spacial score (nSPS) is 24.8. The molecule has 0 bridgehead atoms. The van der Waals surface area contributed by atoms with Crippen LogP contribution in [0, 0.1) is 5.92 Å². The second-order valence-corrected chi connectivity index (χ2v) is 8.79. The van der Waals surface area contributed by atoms with Gasteiger partial charge in [0.1, 0.15) is 0 Å². The van der Waals surface area contributed by atoms with Gasteiger partial charge in [-0.15, -0.1) is 0 Å². The van der Waals surface area contributed by atoms with Crippen molar-refractivity contribution >= 4 is 16.8 Å². The van der Waals surface area contributed by atoms with Gasteiger partial charge in [0.2, 0.25) is 5.91 Å². The van der Waals surface area contributed by atoms with Crippen LogP contribution in [0.2, 0.25) is 0 Å². The van der Waals surface area contributed by atoms with Gasteiger partial charge >= 0.3 is 0 Å². The summed E-state index contributed by atoms with van der Waals surface area (Å²) in [6, 6.07) is 22.3. The second kappa shape index (κ2) is 8.27. The van der Waals surface area contributed by atoms with Gasteiger partial charge in [0, 0.05) is 35.1 Å². The molecule has 1 aliphatic heterocycles. The van der Waals surface area contributed by atoms with Crippen molar-refractivity contribution in [3.8, 4) is 11.3 Å². The first kappa shape index (κ1) is 19.4. The third-order valence-corrected chi connectivity index (χ3v) is 6.88. The summed E-state index contributed by atoms with van der Waals surface area (Å²) >= 11 is 0. The molecule has 4 nitrogen and oxygen atoms in total. The molecule has 3 aromatic rings. The number of rotatable bonds is 3. The zero-order chi connectivity index (χ0) is 20.5. The molecule has 1 saturated carbocycles. The van der Waals surface area contributed by atoms with Crippen molar-refractivity contribution in [2.24, 2.45) is 5.92 Å². The highest BCUT2D eigenvalue weighted by atomic mass is 16.5. The van der Waals surface area contributed by atoms with E-state index in [1.54, 1.807) is 0 Å². The van der Waals surface area contributed by atoms with Crippen molar-refractivity contribution in [2.75, 3.05) is 19.8 Å². The minimum absolute atomic E-state index is 0.156. The molecule has 1 unspecified atom stereocenters. The lowest BCUT2D eigenvalue weighted by molar-refractivity contribution is -0.144. The molecular weight excluding hydrogens is 372 g/mol. The molecule has 30 heavy (non-hydrogen) atoms. The van der Waals surface area contributed by atoms with E-state index in [0.29, 0.717) is 25.2 Å². The molecule has 1 aliphatic carbocycles. The number of benzene rings is 2. The van der Waals surface area contributed by atoms with Gasteiger partial charge in [-0.05, 0) is 50.3 Å². The van der Waals surface area contributed by atoms with Gasteiger partial charge in [0.15, 0.2) is 0 Å². The Hall–Kier alpha value is -2.59. The van der Waals surface area contributed by atoms with Gasteiger partial charge in [-0.1, -0.05) is 48.5 Å². The van der Waals surface area contributed by atoms with E-state index in [-0.39, 0.29) is 12.0 Å². The Morgan fingerprint density at radius 2 is 1.70 bits per heavy atom. The lowest BCUT2D eigenvalue weighted by atomic mass is 9.84. The molecule has 4 heteroatoms. The molecule has 2 fully saturated rings. The Labute approximate surface area is 178 Å². The van der Waals surface area contributed by atoms with Gasteiger partial charge in [0.05, 0.1) is 19.3 Å².